The molecule has 5 fully saturated rings. The highest BCUT2D eigenvalue weighted by Crippen LogP contribution is 2.77. The number of esters is 1. The molecule has 63 heavy (non-hydrogen) atoms. The van der Waals surface area contributed by atoms with E-state index in [1.54, 1.807) is 24.3 Å². The number of halogens is 1. The first-order valence-electron chi connectivity index (χ1n) is 24.6. The fourth-order valence-electron chi connectivity index (χ4n) is 15.2. The largest absolute Gasteiger partial charge is 0.481 e. The summed E-state index contributed by atoms with van der Waals surface area (Å²) >= 11 is 6.06. The summed E-state index contributed by atoms with van der Waals surface area (Å²) in [5, 5.41) is 16.1. The average molecular weight is 892 g/mol. The zero-order valence-electron chi connectivity index (χ0n) is 40.5. The molecule has 0 heterocycles. The first kappa shape index (κ1) is 46.3. The first-order valence-corrected chi connectivity index (χ1v) is 24.4. The van der Waals surface area contributed by atoms with Crippen LogP contribution in [0.1, 0.15) is 164 Å². The number of nitrogens with one attached hydrogen (secondary N) is 2. The molecule has 1 unspecified atom stereocenters. The van der Waals surface area contributed by atoms with E-state index >= 15 is 0 Å². The number of hydrogen-bond acceptors (Lipinski definition) is 7. The Labute approximate surface area is 382 Å². The van der Waals surface area contributed by atoms with Crippen molar-refractivity contribution in [1.82, 2.24) is 10.6 Å². The Bertz CT molecular complexity index is 2070. The number of carboxylic acids is 1. The van der Waals surface area contributed by atoms with Gasteiger partial charge in [-0.2, -0.15) is 0 Å². The zero-order valence-corrected chi connectivity index (χ0v) is 40.3. The summed E-state index contributed by atoms with van der Waals surface area (Å²) in [6, 6.07) is 5.04. The van der Waals surface area contributed by atoms with E-state index in [4.69, 9.17) is 22.1 Å². The van der Waals surface area contributed by atoms with Crippen molar-refractivity contribution in [2.75, 3.05) is 13.1 Å². The van der Waals surface area contributed by atoms with Crippen LogP contribution in [-0.2, 0) is 23.9 Å². The van der Waals surface area contributed by atoms with Crippen molar-refractivity contribution in [3.63, 3.8) is 0 Å². The van der Waals surface area contributed by atoms with E-state index < -0.39 is 40.6 Å². The fraction of sp³-hybridized carbons (Fsp3) is 0.750. The number of carbonyl (C=O) groups excluding carboxylic acids is 4. The summed E-state index contributed by atoms with van der Waals surface area (Å²) in [5.74, 6) is -1.54. The van der Waals surface area contributed by atoms with Crippen LogP contribution in [0.15, 0.2) is 35.4 Å². The molecule has 1 aromatic carbocycles. The van der Waals surface area contributed by atoms with E-state index in [0.717, 1.165) is 56.9 Å². The maximum atomic E-state index is 14.3. The van der Waals surface area contributed by atoms with Gasteiger partial charge in [0.2, 0.25) is 5.91 Å². The second-order valence-electron chi connectivity index (χ2n) is 23.0. The highest BCUT2D eigenvalue weighted by atomic mass is 35.5. The van der Waals surface area contributed by atoms with Crippen molar-refractivity contribution >= 4 is 41.1 Å². The molecule has 5 saturated carbocycles. The molecule has 0 bridgehead atoms. The quantitative estimate of drug-likeness (QED) is 0.106. The molecule has 2 amide bonds. The summed E-state index contributed by atoms with van der Waals surface area (Å²) < 4.78 is 15.8. The molecule has 0 aromatic heterocycles. The van der Waals surface area contributed by atoms with Crippen LogP contribution in [0.3, 0.4) is 0 Å². The lowest BCUT2D eigenvalue weighted by molar-refractivity contribution is -0.236. The van der Waals surface area contributed by atoms with Crippen molar-refractivity contribution in [3.8, 4) is 0 Å². The maximum Gasteiger partial charge on any atom is 0.309 e. The molecule has 10 nitrogen and oxygen atoms in total. The SMILES string of the molecule is [2H]C(CCCCN)(CNC(=O)C[C@@]12CC[C@]3(C)[C@H](CC[C@@H]4[C@@]5(C)CC[C@H](OC(=O)[C@H]6C[C@@H](C(=O)O)C6(C)C)C(C)(C)[C@@H]5CC[C@]43C)C1=C(C(C)C)C(=O)C2)NC(=O)c1ccc(Cl)cc1. The van der Waals surface area contributed by atoms with Crippen molar-refractivity contribution < 1.29 is 35.2 Å². The molecular weight excluding hydrogens is 814 g/mol. The molecule has 1 aromatic rings. The maximum absolute atomic E-state index is 14.3. The molecule has 6 aliphatic rings. The first-order chi connectivity index (χ1) is 29.8. The Morgan fingerprint density at radius 2 is 1.59 bits per heavy atom. The molecule has 5 N–H and O–H groups in total. The van der Waals surface area contributed by atoms with Crippen LogP contribution in [0.25, 0.3) is 0 Å². The minimum absolute atomic E-state index is 0.0165. The van der Waals surface area contributed by atoms with Crippen molar-refractivity contribution in [1.29, 1.82) is 0 Å². The summed E-state index contributed by atoms with van der Waals surface area (Å²) in [6.45, 7) is 20.5. The molecular formula is C52H76ClN3O7. The van der Waals surface area contributed by atoms with Gasteiger partial charge in [0.25, 0.3) is 5.91 Å². The third-order valence-corrected chi connectivity index (χ3v) is 19.2. The Kier molecular flexibility index (Phi) is 12.6. The molecule has 0 aliphatic heterocycles. The van der Waals surface area contributed by atoms with E-state index in [2.05, 4.69) is 59.1 Å². The average Bonchev–Trinajstić information content (AvgIpc) is 3.49. The Hall–Kier alpha value is -3.24. The van der Waals surface area contributed by atoms with E-state index in [9.17, 15) is 30.4 Å². The minimum Gasteiger partial charge on any atom is -0.481 e. The van der Waals surface area contributed by atoms with Crippen molar-refractivity contribution in [2.45, 2.75) is 164 Å². The van der Waals surface area contributed by atoms with Gasteiger partial charge < -0.3 is 26.2 Å². The van der Waals surface area contributed by atoms with Gasteiger partial charge in [-0.1, -0.05) is 85.9 Å². The normalized spacial score (nSPS) is 37.5. The predicted molar refractivity (Wildman–Crippen MR) is 246 cm³/mol. The van der Waals surface area contributed by atoms with Crippen molar-refractivity contribution in [3.05, 3.63) is 46.0 Å². The number of aliphatic carboxylic acids is 1. The van der Waals surface area contributed by atoms with Gasteiger partial charge in [0, 0.05) is 46.8 Å². The van der Waals surface area contributed by atoms with E-state index in [-0.39, 0.29) is 70.2 Å². The Morgan fingerprint density at radius 1 is 0.889 bits per heavy atom. The monoisotopic (exact) mass is 891 g/mol. The number of hydrogen-bond donors (Lipinski definition) is 4. The van der Waals surface area contributed by atoms with Gasteiger partial charge in [-0.3, -0.25) is 24.0 Å². The molecule has 348 valence electrons. The lowest BCUT2D eigenvalue weighted by atomic mass is 9.33. The van der Waals surface area contributed by atoms with Gasteiger partial charge >= 0.3 is 11.9 Å². The van der Waals surface area contributed by atoms with Crippen LogP contribution in [0.2, 0.25) is 5.02 Å². The molecule has 6 aliphatic carbocycles. The van der Waals surface area contributed by atoms with Gasteiger partial charge in [-0.05, 0) is 152 Å². The number of ketones is 1. The highest BCUT2D eigenvalue weighted by Gasteiger charge is 2.70. The standard InChI is InChI=1S/C52H76ClN3O7/c1-30(2)42-37(57)27-52(28-41(58)55-29-33(12-10-11-25-54)56-44(59)31-13-15-32(53)16-14-31)24-23-50(8)34(43(42)52)17-18-39-49(7)21-20-40(48(5,6)38(49)19-22-51(39,50)9)63-46(62)36-26-35(45(60)61)47(36,3)4/h13-16,30,33-36,38-40H,10-12,17-29,54H2,1-9H3,(H,55,58)(H,56,59)(H,60,61)/t33?,34-,35+,36-,38+,39-,40+,49+,50-,51-,52+/m1/s1/i33D. The molecule has 7 rings (SSSR count). The smallest absolute Gasteiger partial charge is 0.309 e. The topological polar surface area (TPSA) is 165 Å². The summed E-state index contributed by atoms with van der Waals surface area (Å²) in [6.07, 6.45) is 9.63. The summed E-state index contributed by atoms with van der Waals surface area (Å²) in [4.78, 5) is 67.4. The van der Waals surface area contributed by atoms with Gasteiger partial charge in [0.05, 0.1) is 13.2 Å². The third kappa shape index (κ3) is 8.01. The van der Waals surface area contributed by atoms with Crippen LogP contribution < -0.4 is 16.4 Å². The van der Waals surface area contributed by atoms with E-state index in [1.807, 2.05) is 13.8 Å². The lowest BCUT2D eigenvalue weighted by Gasteiger charge is -2.72. The number of carboxylic acid groups (broad SMARTS) is 1. The predicted octanol–water partition coefficient (Wildman–Crippen LogP) is 9.71. The van der Waals surface area contributed by atoms with Gasteiger partial charge in [0.1, 0.15) is 6.10 Å². The second-order valence-corrected chi connectivity index (χ2v) is 23.5. The summed E-state index contributed by atoms with van der Waals surface area (Å²) in [7, 11) is 0. The summed E-state index contributed by atoms with van der Waals surface area (Å²) in [5.41, 5.74) is 6.73. The number of fused-ring (bicyclic) bond motifs is 7. The van der Waals surface area contributed by atoms with Gasteiger partial charge in [-0.15, -0.1) is 0 Å². The number of nitrogens with two attached hydrogens (primary N) is 1. The van der Waals surface area contributed by atoms with Gasteiger partial charge in [-0.25, -0.2) is 0 Å². The Morgan fingerprint density at radius 3 is 2.22 bits per heavy atom. The number of rotatable bonds is 14. The van der Waals surface area contributed by atoms with Crippen LogP contribution in [0.5, 0.6) is 0 Å². The van der Waals surface area contributed by atoms with Crippen LogP contribution in [0, 0.1) is 68.0 Å². The minimum atomic E-state index is -1.46. The second kappa shape index (κ2) is 17.2. The van der Waals surface area contributed by atoms with Crippen LogP contribution in [-0.4, -0.2) is 59.9 Å². The number of ether oxygens (including phenoxy) is 1. The van der Waals surface area contributed by atoms with Gasteiger partial charge in [0.15, 0.2) is 5.78 Å². The number of unbranched alkanes of at least 4 members (excludes halogenated alkanes) is 1. The third-order valence-electron chi connectivity index (χ3n) is 18.9. The number of benzene rings is 1. The number of Topliss-reactive ketones (excluding diaryl/α,β-unsaturated/α-hetero) is 1. The van der Waals surface area contributed by atoms with Crippen molar-refractivity contribution in [2.24, 2.45) is 73.7 Å². The molecule has 11 heteroatoms. The van der Waals surface area contributed by atoms with E-state index in [0.29, 0.717) is 61.1 Å². The number of carbonyl (C=O) groups is 5. The highest BCUT2D eigenvalue weighted by molar-refractivity contribution is 6.30. The van der Waals surface area contributed by atoms with Crippen LogP contribution >= 0.6 is 11.6 Å². The molecule has 0 spiro atoms. The molecule has 11 atom stereocenters. The number of allylic oxidation sites excluding steroid dienone is 2. The van der Waals surface area contributed by atoms with Crippen LogP contribution in [0.4, 0.5) is 0 Å². The number of amides is 2. The van der Waals surface area contributed by atoms with E-state index in [1.165, 1.54) is 5.57 Å². The lowest BCUT2D eigenvalue weighted by Crippen LogP contribution is -2.66. The molecule has 0 saturated heterocycles. The fourth-order valence-corrected chi connectivity index (χ4v) is 15.3. The zero-order chi connectivity index (χ0) is 47.0. The Balaban J connectivity index is 1.09. The molecule has 0 radical (unpaired) electrons.